The molecular weight excluding hydrogens is 492 g/mol. The number of hydrogen-bond acceptors (Lipinski definition) is 7. The van der Waals surface area contributed by atoms with E-state index in [-0.39, 0.29) is 18.0 Å². The molecule has 0 aliphatic heterocycles. The van der Waals surface area contributed by atoms with E-state index in [0.717, 1.165) is 28.7 Å². The zero-order valence-electron chi connectivity index (χ0n) is 24.7. The fourth-order valence-corrected chi connectivity index (χ4v) is 4.89. The van der Waals surface area contributed by atoms with E-state index in [1.807, 2.05) is 57.3 Å². The number of furan rings is 1. The van der Waals surface area contributed by atoms with E-state index in [1.54, 1.807) is 6.20 Å². The normalized spacial score (nSPS) is 14.7. The Morgan fingerprint density at radius 2 is 1.85 bits per heavy atom. The summed E-state index contributed by atoms with van der Waals surface area (Å²) in [5.74, 6) is 1.15. The lowest BCUT2D eigenvalue weighted by atomic mass is 9.65. The van der Waals surface area contributed by atoms with Gasteiger partial charge < -0.3 is 24.7 Å². The number of aliphatic hydroxyl groups is 1. The van der Waals surface area contributed by atoms with Crippen molar-refractivity contribution in [2.45, 2.75) is 92.2 Å². The summed E-state index contributed by atoms with van der Waals surface area (Å²) in [5, 5.41) is 11.4. The Hall–Kier alpha value is -2.90. The van der Waals surface area contributed by atoms with E-state index in [0.29, 0.717) is 38.0 Å². The van der Waals surface area contributed by atoms with Gasteiger partial charge in [-0.15, -0.1) is 0 Å². The van der Waals surface area contributed by atoms with E-state index >= 15 is 0 Å². The molecule has 1 aromatic carbocycles. The molecule has 0 amide bonds. The van der Waals surface area contributed by atoms with Gasteiger partial charge in [-0.3, -0.25) is 9.78 Å². The Labute approximate surface area is 233 Å². The number of fused-ring (bicyclic) bond motifs is 1. The number of nitrogens with zero attached hydrogens (tertiary/aromatic N) is 1. The average Bonchev–Trinajstić information content (AvgIpc) is 3.28. The number of pyridine rings is 1. The molecule has 2 atom stereocenters. The van der Waals surface area contributed by atoms with E-state index in [4.69, 9.17) is 19.6 Å². The third-order valence-corrected chi connectivity index (χ3v) is 7.41. The van der Waals surface area contributed by atoms with Crippen LogP contribution in [0.3, 0.4) is 0 Å². The second kappa shape index (κ2) is 12.5. The maximum atomic E-state index is 13.0. The summed E-state index contributed by atoms with van der Waals surface area (Å²) >= 11 is 0. The first-order valence-electron chi connectivity index (χ1n) is 14.0. The Morgan fingerprint density at radius 1 is 1.10 bits per heavy atom. The first kappa shape index (κ1) is 30.6. The average molecular weight is 539 g/mol. The van der Waals surface area contributed by atoms with Crippen LogP contribution in [-0.4, -0.2) is 40.9 Å². The molecular formula is C32H46N2O5. The van der Waals surface area contributed by atoms with Crippen molar-refractivity contribution in [1.29, 1.82) is 0 Å². The smallest absolute Gasteiger partial charge is 0.313 e. The van der Waals surface area contributed by atoms with Gasteiger partial charge in [-0.1, -0.05) is 27.7 Å². The summed E-state index contributed by atoms with van der Waals surface area (Å²) in [4.78, 5) is 17.2. The zero-order chi connectivity index (χ0) is 28.8. The number of rotatable bonds is 13. The number of benzene rings is 1. The molecule has 0 aliphatic rings. The Bertz CT molecular complexity index is 1240. The first-order chi connectivity index (χ1) is 18.2. The van der Waals surface area contributed by atoms with Crippen LogP contribution in [0.2, 0.25) is 0 Å². The summed E-state index contributed by atoms with van der Waals surface area (Å²) in [7, 11) is 0. The largest absolute Gasteiger partial charge is 0.491 e. The third kappa shape index (κ3) is 8.05. The lowest BCUT2D eigenvalue weighted by Crippen LogP contribution is -2.55. The molecule has 0 saturated carbocycles. The number of hydrogen-bond donors (Lipinski definition) is 2. The predicted octanol–water partition coefficient (Wildman–Crippen LogP) is 6.69. The molecule has 7 nitrogen and oxygen atoms in total. The molecule has 3 rings (SSSR count). The van der Waals surface area contributed by atoms with Crippen molar-refractivity contribution in [2.24, 2.45) is 16.6 Å². The van der Waals surface area contributed by atoms with Crippen molar-refractivity contribution in [3.8, 4) is 17.1 Å². The number of esters is 1. The van der Waals surface area contributed by atoms with Crippen LogP contribution in [0.4, 0.5) is 0 Å². The molecule has 0 bridgehead atoms. The molecule has 2 heterocycles. The summed E-state index contributed by atoms with van der Waals surface area (Å²) in [6.07, 6.45) is 6.45. The van der Waals surface area contributed by atoms with Crippen LogP contribution >= 0.6 is 0 Å². The van der Waals surface area contributed by atoms with Gasteiger partial charge in [0.15, 0.2) is 0 Å². The molecule has 0 spiro atoms. The van der Waals surface area contributed by atoms with Gasteiger partial charge in [0.2, 0.25) is 0 Å². The molecule has 0 fully saturated rings. The standard InChI is InChI=1S/C32H46N2O5/c1-8-22-14-15-34-19-26(22)28-17-23-12-13-25(18-27(23)39-28)38-20-24(35)11-9-10-16-37-29(36)32(7,31(5,6)33)21-30(2,3)4/h12-15,17-19,24,35H,8-11,16,20-21,33H2,1-7H3. The van der Waals surface area contributed by atoms with Crippen LogP contribution in [0.15, 0.2) is 47.1 Å². The molecule has 39 heavy (non-hydrogen) atoms. The summed E-state index contributed by atoms with van der Waals surface area (Å²) in [5.41, 5.74) is 7.73. The quantitative estimate of drug-likeness (QED) is 0.184. The number of carbonyl (C=O) groups is 1. The zero-order valence-corrected chi connectivity index (χ0v) is 24.7. The van der Waals surface area contributed by atoms with Crippen molar-refractivity contribution in [1.82, 2.24) is 4.98 Å². The molecule has 3 aromatic rings. The lowest BCUT2D eigenvalue weighted by molar-refractivity contribution is -0.161. The van der Waals surface area contributed by atoms with Crippen LogP contribution < -0.4 is 10.5 Å². The fourth-order valence-electron chi connectivity index (χ4n) is 4.89. The number of carbonyl (C=O) groups excluding carboxylic acids is 1. The molecule has 7 heteroatoms. The number of aryl methyl sites for hydroxylation is 1. The summed E-state index contributed by atoms with van der Waals surface area (Å²) in [6.45, 7) is 14.5. The number of nitrogens with two attached hydrogens (primary N) is 1. The minimum absolute atomic E-state index is 0.0593. The first-order valence-corrected chi connectivity index (χ1v) is 14.0. The predicted molar refractivity (Wildman–Crippen MR) is 156 cm³/mol. The van der Waals surface area contributed by atoms with Crippen LogP contribution in [0.1, 0.15) is 79.7 Å². The highest BCUT2D eigenvalue weighted by Gasteiger charge is 2.48. The summed E-state index contributed by atoms with van der Waals surface area (Å²) < 4.78 is 17.6. The van der Waals surface area contributed by atoms with Crippen LogP contribution in [-0.2, 0) is 16.0 Å². The van der Waals surface area contributed by atoms with Crippen LogP contribution in [0, 0.1) is 10.8 Å². The minimum atomic E-state index is -0.787. The third-order valence-electron chi connectivity index (χ3n) is 7.41. The maximum absolute atomic E-state index is 13.0. The van der Waals surface area contributed by atoms with Crippen molar-refractivity contribution in [3.63, 3.8) is 0 Å². The second-order valence-corrected chi connectivity index (χ2v) is 12.6. The molecule has 0 radical (unpaired) electrons. The Kier molecular flexibility index (Phi) is 9.83. The van der Waals surface area contributed by atoms with E-state index in [2.05, 4.69) is 32.7 Å². The second-order valence-electron chi connectivity index (χ2n) is 12.6. The highest BCUT2D eigenvalue weighted by atomic mass is 16.5. The van der Waals surface area contributed by atoms with E-state index in [1.165, 1.54) is 5.56 Å². The van der Waals surface area contributed by atoms with Gasteiger partial charge in [0.05, 0.1) is 18.1 Å². The van der Waals surface area contributed by atoms with Gasteiger partial charge in [0, 0.05) is 34.9 Å². The van der Waals surface area contributed by atoms with Crippen molar-refractivity contribution >= 4 is 16.9 Å². The van der Waals surface area contributed by atoms with Crippen LogP contribution in [0.5, 0.6) is 5.75 Å². The number of aromatic nitrogens is 1. The van der Waals surface area contributed by atoms with Gasteiger partial charge >= 0.3 is 5.97 Å². The lowest BCUT2D eigenvalue weighted by Gasteiger charge is -2.43. The van der Waals surface area contributed by atoms with Crippen molar-refractivity contribution in [2.75, 3.05) is 13.2 Å². The maximum Gasteiger partial charge on any atom is 0.313 e. The summed E-state index contributed by atoms with van der Waals surface area (Å²) in [6, 6.07) is 9.70. The van der Waals surface area contributed by atoms with E-state index in [9.17, 15) is 9.90 Å². The van der Waals surface area contributed by atoms with Crippen LogP contribution in [0.25, 0.3) is 22.3 Å². The number of aliphatic hydroxyl groups excluding tert-OH is 1. The topological polar surface area (TPSA) is 108 Å². The molecule has 0 saturated heterocycles. The monoisotopic (exact) mass is 538 g/mol. The molecule has 2 aromatic heterocycles. The van der Waals surface area contributed by atoms with Gasteiger partial charge in [-0.05, 0) is 88.1 Å². The molecule has 3 N–H and O–H groups in total. The minimum Gasteiger partial charge on any atom is -0.491 e. The van der Waals surface area contributed by atoms with Gasteiger partial charge in [0.1, 0.15) is 23.7 Å². The van der Waals surface area contributed by atoms with Crippen molar-refractivity contribution in [3.05, 3.63) is 48.3 Å². The molecule has 214 valence electrons. The number of unbranched alkanes of at least 4 members (excludes halogenated alkanes) is 1. The molecule has 0 aliphatic carbocycles. The molecule has 2 unspecified atom stereocenters. The Morgan fingerprint density at radius 3 is 2.51 bits per heavy atom. The Balaban J connectivity index is 1.46. The SMILES string of the molecule is CCc1ccncc1-c1cc2ccc(OCC(O)CCCCOC(=O)C(C)(CC(C)(C)C)C(C)(C)N)cc2o1. The van der Waals surface area contributed by atoms with E-state index < -0.39 is 17.1 Å². The van der Waals surface area contributed by atoms with Gasteiger partial charge in [0.25, 0.3) is 0 Å². The van der Waals surface area contributed by atoms with Gasteiger partial charge in [-0.25, -0.2) is 0 Å². The highest BCUT2D eigenvalue weighted by Crippen LogP contribution is 2.41. The van der Waals surface area contributed by atoms with Crippen molar-refractivity contribution < 1.29 is 23.8 Å². The van der Waals surface area contributed by atoms with Gasteiger partial charge in [-0.2, -0.15) is 0 Å². The number of ether oxygens (including phenoxy) is 2. The fraction of sp³-hybridized carbons (Fsp3) is 0.562. The highest BCUT2D eigenvalue weighted by molar-refractivity contribution is 5.84.